The number of aliphatic imine (C=N–C) groups is 1. The number of pyridine rings is 1. The summed E-state index contributed by atoms with van der Waals surface area (Å²) >= 11 is 0. The second kappa shape index (κ2) is 13.1. The highest BCUT2D eigenvalue weighted by Gasteiger charge is 2.11. The van der Waals surface area contributed by atoms with Crippen LogP contribution in [0.25, 0.3) is 11.3 Å². The maximum absolute atomic E-state index is 6.20. The zero-order valence-corrected chi connectivity index (χ0v) is 20.0. The molecular formula is C28H37N3O. The largest absolute Gasteiger partial charge is 0.457 e. The molecule has 170 valence electrons. The second-order valence-corrected chi connectivity index (χ2v) is 7.06. The smallest absolute Gasteiger partial charge is 0.131 e. The molecule has 1 heterocycles. The van der Waals surface area contributed by atoms with Gasteiger partial charge in [0.2, 0.25) is 0 Å². The van der Waals surface area contributed by atoms with Gasteiger partial charge in [0.05, 0.1) is 18.0 Å². The maximum Gasteiger partial charge on any atom is 0.131 e. The van der Waals surface area contributed by atoms with Gasteiger partial charge in [0.25, 0.3) is 0 Å². The van der Waals surface area contributed by atoms with Crippen molar-refractivity contribution in [1.29, 1.82) is 0 Å². The van der Waals surface area contributed by atoms with Crippen LogP contribution >= 0.6 is 0 Å². The van der Waals surface area contributed by atoms with Crippen molar-refractivity contribution in [3.63, 3.8) is 0 Å². The van der Waals surface area contributed by atoms with E-state index >= 15 is 0 Å². The summed E-state index contributed by atoms with van der Waals surface area (Å²) in [5.74, 6) is 1.57. The first-order valence-electron chi connectivity index (χ1n) is 11.3. The lowest BCUT2D eigenvalue weighted by Crippen LogP contribution is -2.20. The van der Waals surface area contributed by atoms with Crippen molar-refractivity contribution < 1.29 is 6.16 Å². The molecule has 0 spiro atoms. The van der Waals surface area contributed by atoms with E-state index in [1.807, 2.05) is 57.2 Å². The van der Waals surface area contributed by atoms with Gasteiger partial charge in [-0.3, -0.25) is 9.98 Å². The number of aromatic nitrogens is 1. The van der Waals surface area contributed by atoms with Gasteiger partial charge in [-0.05, 0) is 43.5 Å². The van der Waals surface area contributed by atoms with Crippen LogP contribution in [0.5, 0.6) is 11.5 Å². The fourth-order valence-corrected chi connectivity index (χ4v) is 3.22. The Morgan fingerprint density at radius 1 is 1.31 bits per heavy atom. The van der Waals surface area contributed by atoms with E-state index in [4.69, 9.17) is 4.74 Å². The summed E-state index contributed by atoms with van der Waals surface area (Å²) in [5, 5.41) is 3.38. The highest BCUT2D eigenvalue weighted by molar-refractivity contribution is 5.97. The Morgan fingerprint density at radius 3 is 2.81 bits per heavy atom. The molecule has 1 aliphatic carbocycles. The van der Waals surface area contributed by atoms with E-state index in [1.54, 1.807) is 13.2 Å². The molecule has 0 radical (unpaired) electrons. The molecule has 0 amide bonds. The fraction of sp³-hybridized carbons (Fsp3) is 0.286. The standard InChI is InChI=1S/C26H29N3O.C2H6.H2/c1-5-6-12-22(27-4)18-29-20(3)24-13-9-14-26(19(24)2)30-23-15-16-28-25(17-23)21-10-7-8-11-21;1-2;/h6-7,9-17,29H,3,5,8,18H2,1-2,4H3;1-2H3;1H/b12-6-,27-22?;;. The highest BCUT2D eigenvalue weighted by atomic mass is 16.5. The summed E-state index contributed by atoms with van der Waals surface area (Å²) in [7, 11) is 1.81. The topological polar surface area (TPSA) is 46.5 Å². The lowest BCUT2D eigenvalue weighted by Gasteiger charge is -2.16. The summed E-state index contributed by atoms with van der Waals surface area (Å²) in [4.78, 5) is 8.78. The lowest BCUT2D eigenvalue weighted by molar-refractivity contribution is 0.477. The number of hydrogen-bond donors (Lipinski definition) is 1. The van der Waals surface area contributed by atoms with E-state index in [9.17, 15) is 0 Å². The lowest BCUT2D eigenvalue weighted by atomic mass is 10.1. The van der Waals surface area contributed by atoms with Crippen LogP contribution in [0.2, 0.25) is 0 Å². The van der Waals surface area contributed by atoms with Crippen molar-refractivity contribution in [1.82, 2.24) is 10.3 Å². The van der Waals surface area contributed by atoms with Crippen LogP contribution in [0.3, 0.4) is 0 Å². The molecule has 0 saturated carbocycles. The molecule has 2 aromatic rings. The molecule has 0 atom stereocenters. The minimum absolute atomic E-state index is 0. The molecule has 1 N–H and O–H groups in total. The third kappa shape index (κ3) is 6.81. The third-order valence-electron chi connectivity index (χ3n) is 4.95. The Hall–Kier alpha value is -3.40. The maximum atomic E-state index is 6.20. The molecule has 0 unspecified atom stereocenters. The molecule has 1 aromatic carbocycles. The number of hydrogen-bond acceptors (Lipinski definition) is 4. The first-order valence-corrected chi connectivity index (χ1v) is 11.3. The first-order chi connectivity index (χ1) is 15.6. The van der Waals surface area contributed by atoms with Gasteiger partial charge >= 0.3 is 0 Å². The SMILES string of the molecule is C=C(NCC(/C=C\CC)=NC)c1cccc(Oc2ccnc(C3=CCC=C3)c2)c1C.CC.[HH]. The number of nitrogens with zero attached hydrogens (tertiary/aromatic N) is 2. The molecule has 1 aromatic heterocycles. The van der Waals surface area contributed by atoms with Gasteiger partial charge < -0.3 is 10.1 Å². The molecule has 4 nitrogen and oxygen atoms in total. The van der Waals surface area contributed by atoms with Crippen molar-refractivity contribution in [3.05, 3.63) is 90.3 Å². The average Bonchev–Trinajstić information content (AvgIpc) is 3.37. The minimum atomic E-state index is 0. The zero-order valence-electron chi connectivity index (χ0n) is 20.0. The molecule has 32 heavy (non-hydrogen) atoms. The molecule has 0 fully saturated rings. The van der Waals surface area contributed by atoms with E-state index in [1.165, 1.54) is 0 Å². The van der Waals surface area contributed by atoms with Gasteiger partial charge in [0.1, 0.15) is 11.5 Å². The van der Waals surface area contributed by atoms with Crippen molar-refractivity contribution in [2.45, 2.75) is 40.5 Å². The number of allylic oxidation sites excluding steroid dienone is 5. The predicted octanol–water partition coefficient (Wildman–Crippen LogP) is 7.40. The normalized spacial score (nSPS) is 12.9. The molecule has 4 heteroatoms. The summed E-state index contributed by atoms with van der Waals surface area (Å²) in [5.41, 5.74) is 5.95. The molecule has 1 aliphatic rings. The van der Waals surface area contributed by atoms with Crippen molar-refractivity contribution in [2.75, 3.05) is 13.6 Å². The van der Waals surface area contributed by atoms with Crippen LogP contribution in [-0.2, 0) is 0 Å². The van der Waals surface area contributed by atoms with Crippen LogP contribution in [0, 0.1) is 6.92 Å². The van der Waals surface area contributed by atoms with Gasteiger partial charge in [0, 0.05) is 37.6 Å². The molecular weight excluding hydrogens is 394 g/mol. The Labute approximate surface area is 194 Å². The molecule has 0 aliphatic heterocycles. The Kier molecular flexibility index (Phi) is 10.2. The summed E-state index contributed by atoms with van der Waals surface area (Å²) in [6.07, 6.45) is 14.3. The highest BCUT2D eigenvalue weighted by Crippen LogP contribution is 2.31. The van der Waals surface area contributed by atoms with E-state index in [0.717, 1.165) is 58.1 Å². The predicted molar refractivity (Wildman–Crippen MR) is 141 cm³/mol. The van der Waals surface area contributed by atoms with Crippen molar-refractivity contribution in [3.8, 4) is 11.5 Å². The van der Waals surface area contributed by atoms with Crippen molar-refractivity contribution >= 4 is 17.0 Å². The molecule has 0 saturated heterocycles. The van der Waals surface area contributed by atoms with E-state index in [2.05, 4.69) is 53.1 Å². The Morgan fingerprint density at radius 2 is 2.12 bits per heavy atom. The average molecular weight is 432 g/mol. The van der Waals surface area contributed by atoms with Gasteiger partial charge in [-0.25, -0.2) is 0 Å². The monoisotopic (exact) mass is 431 g/mol. The molecule has 0 bridgehead atoms. The second-order valence-electron chi connectivity index (χ2n) is 7.06. The first kappa shape index (κ1) is 24.9. The van der Waals surface area contributed by atoms with Crippen LogP contribution in [0.1, 0.15) is 51.9 Å². The number of benzene rings is 1. The number of nitrogens with one attached hydrogen (secondary N) is 1. The van der Waals surface area contributed by atoms with Crippen LogP contribution < -0.4 is 10.1 Å². The quantitative estimate of drug-likeness (QED) is 0.421. The zero-order chi connectivity index (χ0) is 23.3. The third-order valence-corrected chi connectivity index (χ3v) is 4.95. The van der Waals surface area contributed by atoms with E-state index in [-0.39, 0.29) is 1.43 Å². The number of ether oxygens (including phenoxy) is 1. The summed E-state index contributed by atoms with van der Waals surface area (Å²) in [6, 6.07) is 9.87. The van der Waals surface area contributed by atoms with Gasteiger partial charge in [0.15, 0.2) is 0 Å². The van der Waals surface area contributed by atoms with Gasteiger partial charge in [-0.2, -0.15) is 0 Å². The van der Waals surface area contributed by atoms with Crippen LogP contribution in [0.4, 0.5) is 0 Å². The van der Waals surface area contributed by atoms with Gasteiger partial charge in [-0.1, -0.05) is 63.8 Å². The van der Waals surface area contributed by atoms with Crippen molar-refractivity contribution in [2.24, 2.45) is 4.99 Å². The fourth-order valence-electron chi connectivity index (χ4n) is 3.22. The Bertz CT molecular complexity index is 1040. The van der Waals surface area contributed by atoms with Crippen LogP contribution in [-0.4, -0.2) is 24.3 Å². The molecule has 3 rings (SSSR count). The number of rotatable bonds is 9. The van der Waals surface area contributed by atoms with Gasteiger partial charge in [-0.15, -0.1) is 0 Å². The minimum Gasteiger partial charge on any atom is -0.457 e. The van der Waals surface area contributed by atoms with E-state index < -0.39 is 0 Å². The van der Waals surface area contributed by atoms with E-state index in [0.29, 0.717) is 6.54 Å². The summed E-state index contributed by atoms with van der Waals surface area (Å²) < 4.78 is 6.20. The summed E-state index contributed by atoms with van der Waals surface area (Å²) in [6.45, 7) is 13.0. The Balaban J connectivity index is 0.00000177. The van der Waals surface area contributed by atoms with Crippen LogP contribution in [0.15, 0.2) is 78.5 Å².